The highest BCUT2D eigenvalue weighted by atomic mass is 32.1. The molecule has 0 atom stereocenters. The third kappa shape index (κ3) is 2.78. The summed E-state index contributed by atoms with van der Waals surface area (Å²) in [6.45, 7) is 3.35. The second-order valence-electron chi connectivity index (χ2n) is 5.73. The Balaban J connectivity index is 1.73. The van der Waals surface area contributed by atoms with Crippen LogP contribution in [0.1, 0.15) is 19.8 Å². The van der Waals surface area contributed by atoms with Gasteiger partial charge in [0.15, 0.2) is 5.13 Å². The average molecular weight is 302 g/mol. The Morgan fingerprint density at radius 1 is 1.29 bits per heavy atom. The van der Waals surface area contributed by atoms with Gasteiger partial charge < -0.3 is 10.0 Å². The zero-order valence-electron chi connectivity index (χ0n) is 12.0. The maximum atomic E-state index is 11.3. The summed E-state index contributed by atoms with van der Waals surface area (Å²) in [4.78, 5) is 18.2. The molecule has 0 bridgehead atoms. The molecule has 0 aliphatic carbocycles. The lowest BCUT2D eigenvalue weighted by molar-refractivity contribution is -0.149. The largest absolute Gasteiger partial charge is 0.481 e. The molecule has 1 aliphatic heterocycles. The van der Waals surface area contributed by atoms with Crippen LogP contribution in [0.5, 0.6) is 0 Å². The van der Waals surface area contributed by atoms with Gasteiger partial charge in [-0.05, 0) is 19.8 Å². The van der Waals surface area contributed by atoms with E-state index in [0.29, 0.717) is 12.8 Å². The van der Waals surface area contributed by atoms with E-state index < -0.39 is 11.4 Å². The molecule has 2 aromatic rings. The van der Waals surface area contributed by atoms with Crippen LogP contribution in [0.2, 0.25) is 0 Å². The van der Waals surface area contributed by atoms with Gasteiger partial charge in [0.2, 0.25) is 0 Å². The zero-order valence-corrected chi connectivity index (χ0v) is 12.8. The monoisotopic (exact) mass is 302 g/mol. The minimum Gasteiger partial charge on any atom is -0.481 e. The van der Waals surface area contributed by atoms with E-state index in [1.165, 1.54) is 0 Å². The molecule has 3 rings (SSSR count). The maximum Gasteiger partial charge on any atom is 0.309 e. The molecule has 1 fully saturated rings. The number of hydrogen-bond acceptors (Lipinski definition) is 4. The minimum absolute atomic E-state index is 0.587. The van der Waals surface area contributed by atoms with Crippen LogP contribution in [0.15, 0.2) is 35.7 Å². The Kier molecular flexibility index (Phi) is 3.68. The van der Waals surface area contributed by atoms with Crippen LogP contribution in [-0.4, -0.2) is 29.1 Å². The molecule has 1 aliphatic rings. The SMILES string of the molecule is CC1(C(=O)O)CCN(c2nc(-c3ccccc3)cs2)CC1. The number of benzene rings is 1. The number of aliphatic carboxylic acids is 1. The smallest absolute Gasteiger partial charge is 0.309 e. The third-order valence-corrected chi connectivity index (χ3v) is 5.12. The topological polar surface area (TPSA) is 53.4 Å². The number of rotatable bonds is 3. The molecular weight excluding hydrogens is 284 g/mol. The van der Waals surface area contributed by atoms with Gasteiger partial charge in [-0.3, -0.25) is 4.79 Å². The van der Waals surface area contributed by atoms with Crippen molar-refractivity contribution in [1.29, 1.82) is 0 Å². The Morgan fingerprint density at radius 2 is 1.95 bits per heavy atom. The van der Waals surface area contributed by atoms with Crippen LogP contribution in [0.3, 0.4) is 0 Å². The zero-order chi connectivity index (χ0) is 14.9. The molecule has 5 heteroatoms. The first-order valence-corrected chi connectivity index (χ1v) is 7.96. The van der Waals surface area contributed by atoms with E-state index in [1.807, 2.05) is 25.1 Å². The molecule has 0 radical (unpaired) electrons. The lowest BCUT2D eigenvalue weighted by atomic mass is 9.81. The number of aromatic nitrogens is 1. The Bertz CT molecular complexity index is 631. The molecule has 1 saturated heterocycles. The van der Waals surface area contributed by atoms with E-state index in [-0.39, 0.29) is 0 Å². The lowest BCUT2D eigenvalue weighted by Gasteiger charge is -2.36. The summed E-state index contributed by atoms with van der Waals surface area (Å²) < 4.78 is 0. The third-order valence-electron chi connectivity index (χ3n) is 4.22. The number of hydrogen-bond donors (Lipinski definition) is 1. The van der Waals surface area contributed by atoms with Crippen LogP contribution in [0.25, 0.3) is 11.3 Å². The first kappa shape index (κ1) is 14.1. The summed E-state index contributed by atoms with van der Waals surface area (Å²) in [6.07, 6.45) is 1.34. The number of piperidine rings is 1. The van der Waals surface area contributed by atoms with E-state index in [2.05, 4.69) is 22.4 Å². The van der Waals surface area contributed by atoms with Crippen LogP contribution in [0, 0.1) is 5.41 Å². The van der Waals surface area contributed by atoms with Crippen molar-refractivity contribution in [2.45, 2.75) is 19.8 Å². The van der Waals surface area contributed by atoms with Crippen molar-refractivity contribution < 1.29 is 9.90 Å². The molecule has 1 aromatic heterocycles. The van der Waals surface area contributed by atoms with Gasteiger partial charge in [-0.15, -0.1) is 11.3 Å². The van der Waals surface area contributed by atoms with Gasteiger partial charge in [-0.1, -0.05) is 30.3 Å². The van der Waals surface area contributed by atoms with E-state index in [0.717, 1.165) is 29.5 Å². The van der Waals surface area contributed by atoms with Gasteiger partial charge in [0.05, 0.1) is 11.1 Å². The number of carboxylic acids is 1. The van der Waals surface area contributed by atoms with E-state index >= 15 is 0 Å². The van der Waals surface area contributed by atoms with Crippen molar-refractivity contribution in [2.24, 2.45) is 5.41 Å². The summed E-state index contributed by atoms with van der Waals surface area (Å²) in [6, 6.07) is 10.1. The van der Waals surface area contributed by atoms with Crippen molar-refractivity contribution in [3.63, 3.8) is 0 Å². The van der Waals surface area contributed by atoms with Gasteiger partial charge in [-0.2, -0.15) is 0 Å². The summed E-state index contributed by atoms with van der Waals surface area (Å²) in [5.74, 6) is -0.689. The maximum absolute atomic E-state index is 11.3. The van der Waals surface area contributed by atoms with Crippen LogP contribution in [0.4, 0.5) is 5.13 Å². The van der Waals surface area contributed by atoms with Crippen molar-refractivity contribution in [3.8, 4) is 11.3 Å². The Labute approximate surface area is 128 Å². The summed E-state index contributed by atoms with van der Waals surface area (Å²) >= 11 is 1.63. The second kappa shape index (κ2) is 5.48. The highest BCUT2D eigenvalue weighted by Crippen LogP contribution is 2.35. The van der Waals surface area contributed by atoms with Crippen LogP contribution < -0.4 is 4.90 Å². The normalized spacial score (nSPS) is 17.7. The van der Waals surface area contributed by atoms with Crippen molar-refractivity contribution >= 4 is 22.4 Å². The molecule has 0 amide bonds. The molecule has 0 saturated carbocycles. The first-order valence-electron chi connectivity index (χ1n) is 7.08. The van der Waals surface area contributed by atoms with Crippen molar-refractivity contribution in [1.82, 2.24) is 4.98 Å². The van der Waals surface area contributed by atoms with E-state index in [4.69, 9.17) is 4.98 Å². The first-order chi connectivity index (χ1) is 10.1. The molecule has 0 spiro atoms. The van der Waals surface area contributed by atoms with Crippen molar-refractivity contribution in [2.75, 3.05) is 18.0 Å². The Morgan fingerprint density at radius 3 is 2.57 bits per heavy atom. The van der Waals surface area contributed by atoms with Gasteiger partial charge in [0.25, 0.3) is 0 Å². The average Bonchev–Trinajstić information content (AvgIpc) is 2.98. The summed E-state index contributed by atoms with van der Waals surface area (Å²) in [7, 11) is 0. The van der Waals surface area contributed by atoms with Gasteiger partial charge in [0.1, 0.15) is 0 Å². The molecule has 110 valence electrons. The fraction of sp³-hybridized carbons (Fsp3) is 0.375. The van der Waals surface area contributed by atoms with E-state index in [9.17, 15) is 9.90 Å². The number of nitrogens with zero attached hydrogens (tertiary/aromatic N) is 2. The molecule has 1 aromatic carbocycles. The quantitative estimate of drug-likeness (QED) is 0.943. The minimum atomic E-state index is -0.689. The van der Waals surface area contributed by atoms with Crippen molar-refractivity contribution in [3.05, 3.63) is 35.7 Å². The second-order valence-corrected chi connectivity index (χ2v) is 6.57. The highest BCUT2D eigenvalue weighted by Gasteiger charge is 2.37. The predicted octanol–water partition coefficient (Wildman–Crippen LogP) is 3.50. The summed E-state index contributed by atoms with van der Waals surface area (Å²) in [5.41, 5.74) is 1.52. The van der Waals surface area contributed by atoms with Gasteiger partial charge in [-0.25, -0.2) is 4.98 Å². The fourth-order valence-corrected chi connectivity index (χ4v) is 3.44. The molecule has 0 unspecified atom stereocenters. The van der Waals surface area contributed by atoms with Crippen LogP contribution >= 0.6 is 11.3 Å². The molecular formula is C16H18N2O2S. The summed E-state index contributed by atoms with van der Waals surface area (Å²) in [5, 5.41) is 12.3. The molecule has 2 heterocycles. The number of thiazole rings is 1. The van der Waals surface area contributed by atoms with Gasteiger partial charge in [0, 0.05) is 24.0 Å². The molecule has 1 N–H and O–H groups in total. The number of anilines is 1. The standard InChI is InChI=1S/C16H18N2O2S/c1-16(14(19)20)7-9-18(10-8-16)15-17-13(11-21-15)12-5-3-2-4-6-12/h2-6,11H,7-10H2,1H3,(H,19,20). The highest BCUT2D eigenvalue weighted by molar-refractivity contribution is 7.14. The number of carbonyl (C=O) groups is 1. The van der Waals surface area contributed by atoms with Crippen LogP contribution in [-0.2, 0) is 4.79 Å². The number of carboxylic acid groups (broad SMARTS) is 1. The fourth-order valence-electron chi connectivity index (χ4n) is 2.56. The van der Waals surface area contributed by atoms with E-state index in [1.54, 1.807) is 11.3 Å². The Hall–Kier alpha value is -1.88. The molecule has 4 nitrogen and oxygen atoms in total. The lowest BCUT2D eigenvalue weighted by Crippen LogP contribution is -2.42. The predicted molar refractivity (Wildman–Crippen MR) is 84.7 cm³/mol. The molecule has 21 heavy (non-hydrogen) atoms. The van der Waals surface area contributed by atoms with Gasteiger partial charge >= 0.3 is 5.97 Å².